The SMILES string of the molecule is Cc1c(CCc2ccc3c(c2)OC[C@H]3CC(=O)O)cccc1-c1c(C)n(CCCS(C)(=O)=O)c2ccc(F)cc12. The van der Waals surface area contributed by atoms with Crippen molar-refractivity contribution in [2.24, 2.45) is 0 Å². The second-order valence-corrected chi connectivity index (χ2v) is 13.1. The van der Waals surface area contributed by atoms with Crippen molar-refractivity contribution in [3.05, 3.63) is 88.4 Å². The molecule has 0 bridgehead atoms. The summed E-state index contributed by atoms with van der Waals surface area (Å²) in [7, 11) is -3.07. The van der Waals surface area contributed by atoms with Gasteiger partial charge in [-0.1, -0.05) is 30.3 Å². The number of ether oxygens (including phenoxy) is 1. The van der Waals surface area contributed by atoms with Crippen molar-refractivity contribution in [3.8, 4) is 16.9 Å². The predicted molar refractivity (Wildman–Crippen MR) is 155 cm³/mol. The van der Waals surface area contributed by atoms with E-state index in [-0.39, 0.29) is 23.9 Å². The van der Waals surface area contributed by atoms with Crippen LogP contribution in [0.25, 0.3) is 22.0 Å². The number of nitrogens with zero attached hydrogens (tertiary/aromatic N) is 1. The fourth-order valence-electron chi connectivity index (χ4n) is 5.93. The molecule has 0 spiro atoms. The molecular formula is C32H34FNO5S. The molecule has 40 heavy (non-hydrogen) atoms. The van der Waals surface area contributed by atoms with Gasteiger partial charge >= 0.3 is 5.97 Å². The average molecular weight is 564 g/mol. The van der Waals surface area contributed by atoms with Crippen LogP contribution in [-0.4, -0.2) is 42.7 Å². The lowest BCUT2D eigenvalue weighted by Crippen LogP contribution is -2.08. The highest BCUT2D eigenvalue weighted by Crippen LogP contribution is 2.39. The summed E-state index contributed by atoms with van der Waals surface area (Å²) in [5.74, 6) is -0.362. The third-order valence-corrected chi connectivity index (χ3v) is 8.99. The zero-order chi connectivity index (χ0) is 28.6. The number of benzene rings is 3. The molecule has 0 saturated heterocycles. The van der Waals surface area contributed by atoms with Crippen molar-refractivity contribution in [3.63, 3.8) is 0 Å². The van der Waals surface area contributed by atoms with Gasteiger partial charge in [0, 0.05) is 46.4 Å². The number of hydrogen-bond donors (Lipinski definition) is 1. The summed E-state index contributed by atoms with van der Waals surface area (Å²) in [6.07, 6.45) is 3.40. The van der Waals surface area contributed by atoms with Gasteiger partial charge in [0.05, 0.1) is 18.8 Å². The van der Waals surface area contributed by atoms with Crippen LogP contribution >= 0.6 is 0 Å². The van der Waals surface area contributed by atoms with E-state index < -0.39 is 15.8 Å². The predicted octanol–water partition coefficient (Wildman–Crippen LogP) is 6.23. The second kappa shape index (κ2) is 11.1. The van der Waals surface area contributed by atoms with Crippen LogP contribution in [0.5, 0.6) is 5.75 Å². The van der Waals surface area contributed by atoms with Crippen LogP contribution in [0, 0.1) is 19.7 Å². The fourth-order valence-corrected chi connectivity index (χ4v) is 6.58. The summed E-state index contributed by atoms with van der Waals surface area (Å²) < 4.78 is 45.7. The molecule has 0 fully saturated rings. The molecule has 0 amide bonds. The van der Waals surface area contributed by atoms with Crippen molar-refractivity contribution in [2.75, 3.05) is 18.6 Å². The Morgan fingerprint density at radius 3 is 2.65 bits per heavy atom. The normalized spacial score (nSPS) is 14.8. The molecule has 5 rings (SSSR count). The van der Waals surface area contributed by atoms with Crippen molar-refractivity contribution in [2.45, 2.75) is 52.0 Å². The van der Waals surface area contributed by atoms with Crippen molar-refractivity contribution >= 4 is 26.7 Å². The van der Waals surface area contributed by atoms with E-state index in [4.69, 9.17) is 9.84 Å². The van der Waals surface area contributed by atoms with E-state index in [1.165, 1.54) is 17.9 Å². The summed E-state index contributed by atoms with van der Waals surface area (Å²) in [4.78, 5) is 11.1. The van der Waals surface area contributed by atoms with E-state index in [1.54, 1.807) is 12.1 Å². The van der Waals surface area contributed by atoms with Gasteiger partial charge in [0.25, 0.3) is 0 Å². The van der Waals surface area contributed by atoms with E-state index >= 15 is 0 Å². The van der Waals surface area contributed by atoms with Crippen LogP contribution in [0.4, 0.5) is 4.39 Å². The van der Waals surface area contributed by atoms with Gasteiger partial charge in [-0.3, -0.25) is 4.79 Å². The highest BCUT2D eigenvalue weighted by atomic mass is 32.2. The Balaban J connectivity index is 1.43. The largest absolute Gasteiger partial charge is 0.493 e. The van der Waals surface area contributed by atoms with Gasteiger partial charge in [-0.05, 0) is 79.6 Å². The summed E-state index contributed by atoms with van der Waals surface area (Å²) in [6.45, 7) is 5.04. The van der Waals surface area contributed by atoms with E-state index in [0.29, 0.717) is 19.6 Å². The van der Waals surface area contributed by atoms with Gasteiger partial charge < -0.3 is 14.4 Å². The molecule has 6 nitrogen and oxygen atoms in total. The Kier molecular flexibility index (Phi) is 7.73. The van der Waals surface area contributed by atoms with E-state index in [0.717, 1.165) is 63.0 Å². The van der Waals surface area contributed by atoms with Crippen LogP contribution in [-0.2, 0) is 34.0 Å². The number of fused-ring (bicyclic) bond motifs is 2. The molecule has 1 aliphatic heterocycles. The van der Waals surface area contributed by atoms with E-state index in [2.05, 4.69) is 29.7 Å². The lowest BCUT2D eigenvalue weighted by molar-refractivity contribution is -0.137. The molecule has 0 unspecified atom stereocenters. The lowest BCUT2D eigenvalue weighted by atomic mass is 9.91. The third-order valence-electron chi connectivity index (χ3n) is 7.96. The number of aryl methyl sites for hydroxylation is 3. The monoisotopic (exact) mass is 563 g/mol. The van der Waals surface area contributed by atoms with Gasteiger partial charge in [0.15, 0.2) is 0 Å². The molecule has 0 aliphatic carbocycles. The number of halogens is 1. The second-order valence-electron chi connectivity index (χ2n) is 10.8. The molecule has 4 aromatic rings. The number of rotatable bonds is 10. The van der Waals surface area contributed by atoms with Gasteiger partial charge in [-0.2, -0.15) is 0 Å². The highest BCUT2D eigenvalue weighted by molar-refractivity contribution is 7.90. The van der Waals surface area contributed by atoms with Crippen LogP contribution in [0.1, 0.15) is 46.7 Å². The first-order valence-electron chi connectivity index (χ1n) is 13.5. The fraction of sp³-hybridized carbons (Fsp3) is 0.344. The van der Waals surface area contributed by atoms with Crippen LogP contribution in [0.2, 0.25) is 0 Å². The molecule has 8 heteroatoms. The van der Waals surface area contributed by atoms with Gasteiger partial charge in [0.2, 0.25) is 0 Å². The smallest absolute Gasteiger partial charge is 0.304 e. The Morgan fingerprint density at radius 1 is 1.10 bits per heavy atom. The number of aliphatic carboxylic acids is 1. The van der Waals surface area contributed by atoms with Gasteiger partial charge in [0.1, 0.15) is 21.4 Å². The Bertz CT molecular complexity index is 1710. The number of carboxylic acid groups (broad SMARTS) is 1. The van der Waals surface area contributed by atoms with Crippen LogP contribution in [0.15, 0.2) is 54.6 Å². The van der Waals surface area contributed by atoms with Crippen molar-refractivity contribution in [1.82, 2.24) is 4.57 Å². The maximum absolute atomic E-state index is 14.4. The standard InChI is InChI=1S/C32H34FNO5S/c1-20-23(10-8-22-9-12-27-24(17-31(35)36)19-39-30(27)16-22)6-4-7-26(20)32-21(2)34(14-5-15-40(3,37)38)29-13-11-25(33)18-28(29)32/h4,6-7,9,11-13,16,18,24H,5,8,10,14-15,17,19H2,1-3H3,(H,35,36)/t24-/m1/s1. The molecule has 1 N–H and O–H groups in total. The first kappa shape index (κ1) is 27.9. The van der Waals surface area contributed by atoms with Crippen LogP contribution < -0.4 is 4.74 Å². The quantitative estimate of drug-likeness (QED) is 0.247. The van der Waals surface area contributed by atoms with Crippen molar-refractivity contribution < 1.29 is 27.4 Å². The average Bonchev–Trinajstić information content (AvgIpc) is 3.39. The zero-order valence-electron chi connectivity index (χ0n) is 23.0. The summed E-state index contributed by atoms with van der Waals surface area (Å²) in [5.41, 5.74) is 8.30. The van der Waals surface area contributed by atoms with Gasteiger partial charge in [-0.25, -0.2) is 12.8 Å². The highest BCUT2D eigenvalue weighted by Gasteiger charge is 2.26. The van der Waals surface area contributed by atoms with Crippen LogP contribution in [0.3, 0.4) is 0 Å². The summed E-state index contributed by atoms with van der Waals surface area (Å²) in [6, 6.07) is 17.1. The molecule has 1 atom stereocenters. The number of sulfone groups is 1. The number of carbonyl (C=O) groups is 1. The van der Waals surface area contributed by atoms with Gasteiger partial charge in [-0.15, -0.1) is 0 Å². The zero-order valence-corrected chi connectivity index (χ0v) is 23.9. The molecular weight excluding hydrogens is 529 g/mol. The molecule has 3 aromatic carbocycles. The number of hydrogen-bond acceptors (Lipinski definition) is 4. The topological polar surface area (TPSA) is 85.6 Å². The molecule has 0 radical (unpaired) electrons. The minimum atomic E-state index is -3.07. The van der Waals surface area contributed by atoms with E-state index in [9.17, 15) is 17.6 Å². The van der Waals surface area contributed by atoms with E-state index in [1.807, 2.05) is 25.1 Å². The summed E-state index contributed by atoms with van der Waals surface area (Å²) in [5, 5.41) is 9.98. The number of carboxylic acids is 1. The minimum Gasteiger partial charge on any atom is -0.493 e. The maximum Gasteiger partial charge on any atom is 0.304 e. The lowest BCUT2D eigenvalue weighted by Gasteiger charge is -2.14. The molecule has 1 aromatic heterocycles. The molecule has 0 saturated carbocycles. The summed E-state index contributed by atoms with van der Waals surface area (Å²) >= 11 is 0. The maximum atomic E-state index is 14.4. The molecule has 2 heterocycles. The Labute approximate surface area is 234 Å². The first-order valence-corrected chi connectivity index (χ1v) is 15.6. The Morgan fingerprint density at radius 2 is 1.90 bits per heavy atom. The molecule has 1 aliphatic rings. The molecule has 210 valence electrons. The van der Waals surface area contributed by atoms with Crippen molar-refractivity contribution in [1.29, 1.82) is 0 Å². The third kappa shape index (κ3) is 5.77. The first-order chi connectivity index (χ1) is 19.0. The number of aromatic nitrogens is 1. The minimum absolute atomic E-state index is 0.0652. The Hall–Kier alpha value is -3.65.